The number of piperidine rings is 1. The molecule has 1 unspecified atom stereocenters. The lowest BCUT2D eigenvalue weighted by atomic mass is 9.99. The molecule has 2 N–H and O–H groups in total. The number of amides is 3. The van der Waals surface area contributed by atoms with E-state index in [1.54, 1.807) is 24.3 Å². The molecule has 7 nitrogen and oxygen atoms in total. The minimum Gasteiger partial charge on any atom is -0.335 e. The smallest absolute Gasteiger partial charge is 0.317 e. The molecule has 2 fully saturated rings. The molecule has 1 aliphatic carbocycles. The number of urea groups is 1. The maximum absolute atomic E-state index is 12.6. The Balaban J connectivity index is 1.36. The summed E-state index contributed by atoms with van der Waals surface area (Å²) in [6.45, 7) is 1.38. The molecule has 0 radical (unpaired) electrons. The largest absolute Gasteiger partial charge is 0.335 e. The van der Waals surface area contributed by atoms with Crippen molar-refractivity contribution in [1.82, 2.24) is 20.4 Å². The van der Waals surface area contributed by atoms with Crippen LogP contribution in [0.15, 0.2) is 24.3 Å². The van der Waals surface area contributed by atoms with E-state index in [1.165, 1.54) is 24.2 Å². The molecule has 1 saturated heterocycles. The topological polar surface area (TPSA) is 87.2 Å². The summed E-state index contributed by atoms with van der Waals surface area (Å²) in [5, 5.41) is 16.0. The van der Waals surface area contributed by atoms with Gasteiger partial charge in [0.05, 0.1) is 0 Å². The Hall–Kier alpha value is -2.19. The second-order valence-corrected chi connectivity index (χ2v) is 9.07. The predicted octanol–water partition coefficient (Wildman–Crippen LogP) is 4.28. The average molecular weight is 434 g/mol. The van der Waals surface area contributed by atoms with Gasteiger partial charge in [-0.2, -0.15) is 0 Å². The number of nitrogens with zero attached hydrogens (tertiary/aromatic N) is 3. The van der Waals surface area contributed by atoms with Crippen molar-refractivity contribution < 1.29 is 9.59 Å². The van der Waals surface area contributed by atoms with E-state index in [1.807, 2.05) is 4.90 Å². The van der Waals surface area contributed by atoms with Crippen LogP contribution in [0.2, 0.25) is 5.02 Å². The highest BCUT2D eigenvalue weighted by molar-refractivity contribution is 7.13. The molecular weight excluding hydrogens is 410 g/mol. The first-order valence-corrected chi connectivity index (χ1v) is 11.2. The van der Waals surface area contributed by atoms with Gasteiger partial charge in [0.15, 0.2) is 0 Å². The van der Waals surface area contributed by atoms with Crippen molar-refractivity contribution in [3.8, 4) is 0 Å². The molecule has 2 aromatic rings. The fourth-order valence-electron chi connectivity index (χ4n) is 3.91. The Bertz CT molecular complexity index is 866. The fourth-order valence-corrected chi connectivity index (χ4v) is 4.90. The number of hydrogen-bond donors (Lipinski definition) is 2. The highest BCUT2D eigenvalue weighted by atomic mass is 35.5. The molecule has 9 heteroatoms. The third-order valence-corrected chi connectivity index (χ3v) is 6.81. The third-order valence-electron chi connectivity index (χ3n) is 5.48. The van der Waals surface area contributed by atoms with E-state index >= 15 is 0 Å². The standard InChI is InChI=1S/C20H24ClN5O2S/c21-14-7-9-16(10-8-14)22-17(27)19-25-24-18(29-19)13-4-3-11-26(12-13)20(28)23-15-5-1-2-6-15/h7-10,13,15H,1-6,11-12H2,(H,22,27)(H,23,28). The normalized spacial score (nSPS) is 19.9. The van der Waals surface area contributed by atoms with Gasteiger partial charge in [0.25, 0.3) is 5.91 Å². The van der Waals surface area contributed by atoms with Gasteiger partial charge in [-0.1, -0.05) is 35.8 Å². The summed E-state index contributed by atoms with van der Waals surface area (Å²) in [5.74, 6) is -0.171. The van der Waals surface area contributed by atoms with Crippen molar-refractivity contribution in [3.05, 3.63) is 39.3 Å². The molecule has 0 bridgehead atoms. The molecule has 154 valence electrons. The molecule has 1 aliphatic heterocycles. The fraction of sp³-hybridized carbons (Fsp3) is 0.500. The molecule has 1 saturated carbocycles. The second-order valence-electron chi connectivity index (χ2n) is 7.62. The van der Waals surface area contributed by atoms with Crippen LogP contribution < -0.4 is 10.6 Å². The van der Waals surface area contributed by atoms with E-state index in [0.717, 1.165) is 37.2 Å². The molecule has 1 atom stereocenters. The van der Waals surface area contributed by atoms with E-state index in [0.29, 0.717) is 28.3 Å². The summed E-state index contributed by atoms with van der Waals surface area (Å²) in [4.78, 5) is 26.9. The van der Waals surface area contributed by atoms with Crippen LogP contribution in [0, 0.1) is 0 Å². The summed E-state index contributed by atoms with van der Waals surface area (Å²) < 4.78 is 0. The number of halogens is 1. The maximum Gasteiger partial charge on any atom is 0.317 e. The van der Waals surface area contributed by atoms with Crippen LogP contribution in [-0.4, -0.2) is 46.2 Å². The minimum absolute atomic E-state index is 0.0202. The Morgan fingerprint density at radius 3 is 2.59 bits per heavy atom. The van der Waals surface area contributed by atoms with Crippen LogP contribution in [-0.2, 0) is 0 Å². The molecule has 1 aromatic carbocycles. The number of anilines is 1. The van der Waals surface area contributed by atoms with Crippen LogP contribution in [0.5, 0.6) is 0 Å². The van der Waals surface area contributed by atoms with E-state index in [9.17, 15) is 9.59 Å². The SMILES string of the molecule is O=C(Nc1ccc(Cl)cc1)c1nnc(C2CCCN(C(=O)NC3CCCC3)C2)s1. The molecule has 4 rings (SSSR count). The Morgan fingerprint density at radius 1 is 1.07 bits per heavy atom. The zero-order valence-electron chi connectivity index (χ0n) is 16.1. The monoisotopic (exact) mass is 433 g/mol. The van der Waals surface area contributed by atoms with Gasteiger partial charge in [-0.25, -0.2) is 4.79 Å². The summed E-state index contributed by atoms with van der Waals surface area (Å²) in [6.07, 6.45) is 6.41. The van der Waals surface area contributed by atoms with Crippen molar-refractivity contribution in [2.75, 3.05) is 18.4 Å². The highest BCUT2D eigenvalue weighted by Crippen LogP contribution is 2.30. The van der Waals surface area contributed by atoms with Crippen LogP contribution in [0.1, 0.15) is 59.3 Å². The average Bonchev–Trinajstić information content (AvgIpc) is 3.42. The molecular formula is C20H24ClN5O2S. The van der Waals surface area contributed by atoms with E-state index in [-0.39, 0.29) is 17.9 Å². The first-order valence-electron chi connectivity index (χ1n) is 10.0. The van der Waals surface area contributed by atoms with Crippen molar-refractivity contribution in [1.29, 1.82) is 0 Å². The van der Waals surface area contributed by atoms with Gasteiger partial charge in [0.2, 0.25) is 5.01 Å². The summed E-state index contributed by atoms with van der Waals surface area (Å²) in [5.41, 5.74) is 0.656. The maximum atomic E-state index is 12.6. The Kier molecular flexibility index (Phi) is 6.30. The van der Waals surface area contributed by atoms with Crippen LogP contribution >= 0.6 is 22.9 Å². The molecule has 2 aliphatic rings. The molecule has 1 aromatic heterocycles. The van der Waals surface area contributed by atoms with Gasteiger partial charge >= 0.3 is 6.03 Å². The van der Waals surface area contributed by atoms with Crippen molar-refractivity contribution in [2.24, 2.45) is 0 Å². The summed E-state index contributed by atoms with van der Waals surface area (Å²) in [6, 6.07) is 7.25. The lowest BCUT2D eigenvalue weighted by molar-refractivity contribution is 0.102. The molecule has 29 heavy (non-hydrogen) atoms. The first kappa shape index (κ1) is 20.1. The van der Waals surface area contributed by atoms with E-state index in [2.05, 4.69) is 20.8 Å². The van der Waals surface area contributed by atoms with Crippen LogP contribution in [0.25, 0.3) is 0 Å². The number of carbonyl (C=O) groups is 2. The minimum atomic E-state index is -0.289. The lowest BCUT2D eigenvalue weighted by Gasteiger charge is -2.32. The second kappa shape index (κ2) is 9.09. The Labute approximate surface area is 178 Å². The number of rotatable bonds is 4. The third kappa shape index (κ3) is 5.05. The lowest BCUT2D eigenvalue weighted by Crippen LogP contribution is -2.47. The van der Waals surface area contributed by atoms with Crippen molar-refractivity contribution >= 4 is 40.6 Å². The van der Waals surface area contributed by atoms with E-state index < -0.39 is 0 Å². The predicted molar refractivity (Wildman–Crippen MR) is 114 cm³/mol. The summed E-state index contributed by atoms with van der Waals surface area (Å²) >= 11 is 7.17. The highest BCUT2D eigenvalue weighted by Gasteiger charge is 2.29. The van der Waals surface area contributed by atoms with E-state index in [4.69, 9.17) is 11.6 Å². The van der Waals surface area contributed by atoms with Crippen LogP contribution in [0.3, 0.4) is 0 Å². The number of benzene rings is 1. The van der Waals surface area contributed by atoms with Crippen molar-refractivity contribution in [3.63, 3.8) is 0 Å². The van der Waals surface area contributed by atoms with Gasteiger partial charge in [-0.05, 0) is 49.9 Å². The number of nitrogens with one attached hydrogen (secondary N) is 2. The number of aromatic nitrogens is 2. The van der Waals surface area contributed by atoms with Gasteiger partial charge < -0.3 is 15.5 Å². The van der Waals surface area contributed by atoms with Crippen LogP contribution in [0.4, 0.5) is 10.5 Å². The Morgan fingerprint density at radius 2 is 1.83 bits per heavy atom. The number of carbonyl (C=O) groups excluding carboxylic acids is 2. The number of hydrogen-bond acceptors (Lipinski definition) is 5. The molecule has 0 spiro atoms. The molecule has 2 heterocycles. The molecule has 3 amide bonds. The zero-order valence-corrected chi connectivity index (χ0v) is 17.6. The van der Waals surface area contributed by atoms with Crippen molar-refractivity contribution in [2.45, 2.75) is 50.5 Å². The van der Waals surface area contributed by atoms with Gasteiger partial charge in [-0.15, -0.1) is 10.2 Å². The number of likely N-dealkylation sites (tertiary alicyclic amines) is 1. The zero-order chi connectivity index (χ0) is 20.2. The summed E-state index contributed by atoms with van der Waals surface area (Å²) in [7, 11) is 0. The van der Waals surface area contributed by atoms with Gasteiger partial charge in [0, 0.05) is 35.8 Å². The van der Waals surface area contributed by atoms with Gasteiger partial charge in [-0.3, -0.25) is 4.79 Å². The quantitative estimate of drug-likeness (QED) is 0.753. The van der Waals surface area contributed by atoms with Gasteiger partial charge in [0.1, 0.15) is 5.01 Å². The first-order chi connectivity index (χ1) is 14.1.